The summed E-state index contributed by atoms with van der Waals surface area (Å²) in [7, 11) is 0. The lowest BCUT2D eigenvalue weighted by molar-refractivity contribution is -0.117. The van der Waals surface area contributed by atoms with E-state index in [1.54, 1.807) is 30.5 Å². The first kappa shape index (κ1) is 22.5. The van der Waals surface area contributed by atoms with E-state index >= 15 is 0 Å². The van der Waals surface area contributed by atoms with Gasteiger partial charge in [-0.05, 0) is 73.9 Å². The Bertz CT molecular complexity index is 1230. The van der Waals surface area contributed by atoms with Crippen LogP contribution < -0.4 is 11.1 Å². The number of carbonyl (C=O) groups is 1. The SMILES string of the molecule is CC(C(=O)Nc1ccc(N=C(C=C(N)C(F)(F)F)C2CC2)cc1)c1ccc2ncccc2c1. The highest BCUT2D eigenvalue weighted by Crippen LogP contribution is 2.34. The van der Waals surface area contributed by atoms with Gasteiger partial charge < -0.3 is 11.1 Å². The number of carbonyl (C=O) groups excluding carboxylic acids is 1. The Hall–Kier alpha value is -3.68. The molecule has 1 unspecified atom stereocenters. The average Bonchev–Trinajstić information content (AvgIpc) is 3.64. The van der Waals surface area contributed by atoms with Crippen molar-refractivity contribution < 1.29 is 18.0 Å². The second kappa shape index (κ2) is 9.05. The zero-order valence-corrected chi connectivity index (χ0v) is 17.9. The molecule has 1 aromatic heterocycles. The molecule has 2 aromatic carbocycles. The van der Waals surface area contributed by atoms with E-state index in [9.17, 15) is 18.0 Å². The van der Waals surface area contributed by atoms with Crippen LogP contribution in [0.25, 0.3) is 10.9 Å². The van der Waals surface area contributed by atoms with Crippen molar-refractivity contribution in [3.8, 4) is 0 Å². The van der Waals surface area contributed by atoms with Crippen molar-refractivity contribution in [1.29, 1.82) is 0 Å². The van der Waals surface area contributed by atoms with Crippen molar-refractivity contribution in [2.24, 2.45) is 16.6 Å². The maximum absolute atomic E-state index is 12.8. The molecule has 1 aliphatic carbocycles. The van der Waals surface area contributed by atoms with Gasteiger partial charge in [-0.1, -0.05) is 12.1 Å². The maximum Gasteiger partial charge on any atom is 0.430 e. The third kappa shape index (κ3) is 5.58. The highest BCUT2D eigenvalue weighted by Gasteiger charge is 2.34. The van der Waals surface area contributed by atoms with Crippen LogP contribution in [0, 0.1) is 5.92 Å². The highest BCUT2D eigenvalue weighted by molar-refractivity contribution is 6.01. The van der Waals surface area contributed by atoms with Crippen LogP contribution >= 0.6 is 0 Å². The highest BCUT2D eigenvalue weighted by atomic mass is 19.4. The second-order valence-electron chi connectivity index (χ2n) is 8.12. The van der Waals surface area contributed by atoms with Gasteiger partial charge in [-0.2, -0.15) is 13.2 Å². The van der Waals surface area contributed by atoms with E-state index in [1.165, 1.54) is 0 Å². The summed E-state index contributed by atoms with van der Waals surface area (Å²) >= 11 is 0. The minimum atomic E-state index is -4.58. The summed E-state index contributed by atoms with van der Waals surface area (Å²) in [5.74, 6) is -0.568. The smallest absolute Gasteiger partial charge is 0.395 e. The van der Waals surface area contributed by atoms with Crippen LogP contribution in [-0.2, 0) is 4.79 Å². The van der Waals surface area contributed by atoms with Crippen molar-refractivity contribution >= 4 is 33.9 Å². The summed E-state index contributed by atoms with van der Waals surface area (Å²) in [6.45, 7) is 1.82. The second-order valence-corrected chi connectivity index (χ2v) is 8.12. The molecule has 5 nitrogen and oxygen atoms in total. The van der Waals surface area contributed by atoms with Crippen LogP contribution in [0.1, 0.15) is 31.2 Å². The molecule has 1 atom stereocenters. The van der Waals surface area contributed by atoms with Gasteiger partial charge in [0, 0.05) is 28.9 Å². The number of amides is 1. The van der Waals surface area contributed by atoms with Gasteiger partial charge in [-0.15, -0.1) is 0 Å². The van der Waals surface area contributed by atoms with Crippen molar-refractivity contribution in [3.05, 3.63) is 78.1 Å². The molecule has 8 heteroatoms. The predicted octanol–water partition coefficient (Wildman–Crippen LogP) is 5.86. The number of rotatable bonds is 6. The van der Waals surface area contributed by atoms with Crippen LogP contribution in [-0.4, -0.2) is 22.8 Å². The summed E-state index contributed by atoms with van der Waals surface area (Å²) in [5.41, 5.74) is 7.13. The van der Waals surface area contributed by atoms with E-state index in [-0.39, 0.29) is 17.7 Å². The molecule has 0 bridgehead atoms. The van der Waals surface area contributed by atoms with Crippen LogP contribution in [0.5, 0.6) is 0 Å². The zero-order valence-electron chi connectivity index (χ0n) is 17.9. The molecular formula is C25H23F3N4O. The first-order valence-corrected chi connectivity index (χ1v) is 10.6. The lowest BCUT2D eigenvalue weighted by Gasteiger charge is -2.13. The number of hydrogen-bond donors (Lipinski definition) is 2. The fourth-order valence-corrected chi connectivity index (χ4v) is 3.40. The molecular weight excluding hydrogens is 429 g/mol. The molecule has 3 aromatic rings. The number of nitrogens with zero attached hydrogens (tertiary/aromatic N) is 2. The van der Waals surface area contributed by atoms with Gasteiger partial charge in [0.25, 0.3) is 0 Å². The maximum atomic E-state index is 12.8. The molecule has 1 saturated carbocycles. The van der Waals surface area contributed by atoms with E-state index in [4.69, 9.17) is 5.73 Å². The summed E-state index contributed by atoms with van der Waals surface area (Å²) in [6.07, 6.45) is -0.369. The van der Waals surface area contributed by atoms with Gasteiger partial charge in [0.15, 0.2) is 0 Å². The first-order valence-electron chi connectivity index (χ1n) is 10.6. The van der Waals surface area contributed by atoms with Gasteiger partial charge in [-0.25, -0.2) is 0 Å². The minimum absolute atomic E-state index is 0.0108. The number of aromatic nitrogens is 1. The summed E-state index contributed by atoms with van der Waals surface area (Å²) < 4.78 is 38.3. The number of allylic oxidation sites excluding steroid dienone is 2. The van der Waals surface area contributed by atoms with E-state index in [1.807, 2.05) is 37.3 Å². The number of alkyl halides is 3. The number of anilines is 1. The number of nitrogens with two attached hydrogens (primary N) is 1. The molecule has 1 fully saturated rings. The first-order chi connectivity index (χ1) is 15.7. The Kier molecular flexibility index (Phi) is 6.18. The number of aliphatic imine (C=N–C) groups is 1. The lowest BCUT2D eigenvalue weighted by Crippen LogP contribution is -2.21. The molecule has 1 amide bonds. The van der Waals surface area contributed by atoms with Gasteiger partial charge in [0.05, 0.1) is 17.1 Å². The van der Waals surface area contributed by atoms with Crippen LogP contribution in [0.15, 0.2) is 77.6 Å². The fourth-order valence-electron chi connectivity index (χ4n) is 3.40. The number of nitrogens with one attached hydrogen (secondary N) is 1. The van der Waals surface area contributed by atoms with E-state index in [2.05, 4.69) is 15.3 Å². The fraction of sp³-hybridized carbons (Fsp3) is 0.240. The van der Waals surface area contributed by atoms with E-state index < -0.39 is 11.9 Å². The Morgan fingerprint density at radius 3 is 2.58 bits per heavy atom. The third-order valence-electron chi connectivity index (χ3n) is 5.54. The molecule has 0 aliphatic heterocycles. The predicted molar refractivity (Wildman–Crippen MR) is 123 cm³/mol. The number of pyridine rings is 1. The number of benzene rings is 2. The molecule has 1 aliphatic rings. The van der Waals surface area contributed by atoms with Crippen molar-refractivity contribution in [2.45, 2.75) is 31.9 Å². The van der Waals surface area contributed by atoms with Gasteiger partial charge in [0.1, 0.15) is 5.70 Å². The summed E-state index contributed by atoms with van der Waals surface area (Å²) in [5, 5.41) is 3.83. The number of fused-ring (bicyclic) bond motifs is 1. The zero-order chi connectivity index (χ0) is 23.6. The standard InChI is InChI=1S/C25H23F3N4O/c1-15(17-6-11-21-18(13-17)3-2-12-30-21)24(33)32-20-9-7-19(8-10-20)31-22(16-4-5-16)14-23(29)25(26,27)28/h2-3,6-16H,4-5,29H2,1H3,(H,32,33). The third-order valence-corrected chi connectivity index (χ3v) is 5.54. The Labute approximate surface area is 189 Å². The largest absolute Gasteiger partial charge is 0.430 e. The van der Waals surface area contributed by atoms with Crippen LogP contribution in [0.2, 0.25) is 0 Å². The van der Waals surface area contributed by atoms with E-state index in [0.717, 1.165) is 35.4 Å². The Morgan fingerprint density at radius 2 is 1.91 bits per heavy atom. The molecule has 33 heavy (non-hydrogen) atoms. The number of hydrogen-bond acceptors (Lipinski definition) is 4. The van der Waals surface area contributed by atoms with Crippen molar-refractivity contribution in [1.82, 2.24) is 4.98 Å². The average molecular weight is 452 g/mol. The molecule has 170 valence electrons. The topological polar surface area (TPSA) is 80.4 Å². The van der Waals surface area contributed by atoms with Crippen LogP contribution in [0.3, 0.4) is 0 Å². The van der Waals surface area contributed by atoms with Crippen molar-refractivity contribution in [3.63, 3.8) is 0 Å². The monoisotopic (exact) mass is 452 g/mol. The molecule has 0 radical (unpaired) electrons. The number of halogens is 3. The molecule has 4 rings (SSSR count). The minimum Gasteiger partial charge on any atom is -0.395 e. The summed E-state index contributed by atoms with van der Waals surface area (Å²) in [6, 6.07) is 16.2. The molecule has 3 N–H and O–H groups in total. The van der Waals surface area contributed by atoms with Crippen molar-refractivity contribution in [2.75, 3.05) is 5.32 Å². The summed E-state index contributed by atoms with van der Waals surface area (Å²) in [4.78, 5) is 21.4. The van der Waals surface area contributed by atoms with Crippen LogP contribution in [0.4, 0.5) is 24.5 Å². The normalized spacial score (nSPS) is 16.0. The van der Waals surface area contributed by atoms with E-state index in [0.29, 0.717) is 17.1 Å². The quantitative estimate of drug-likeness (QED) is 0.460. The lowest BCUT2D eigenvalue weighted by atomic mass is 9.98. The Morgan fingerprint density at radius 1 is 1.18 bits per heavy atom. The molecule has 0 spiro atoms. The van der Waals surface area contributed by atoms with Gasteiger partial charge in [0.2, 0.25) is 5.91 Å². The Balaban J connectivity index is 1.46. The van der Waals surface area contributed by atoms with Gasteiger partial charge >= 0.3 is 6.18 Å². The molecule has 1 heterocycles. The molecule has 0 saturated heterocycles. The van der Waals surface area contributed by atoms with Gasteiger partial charge in [-0.3, -0.25) is 14.8 Å².